The van der Waals surface area contributed by atoms with Gasteiger partial charge in [0.1, 0.15) is 54.1 Å². The zero-order valence-electron chi connectivity index (χ0n) is 39.7. The van der Waals surface area contributed by atoms with Crippen LogP contribution in [0.5, 0.6) is 5.75 Å². The van der Waals surface area contributed by atoms with Crippen molar-refractivity contribution >= 4 is 89.4 Å². The van der Waals surface area contributed by atoms with E-state index in [1.54, 1.807) is 56.4 Å². The summed E-state index contributed by atoms with van der Waals surface area (Å²) in [6, 6.07) is 9.91. The molecule has 0 spiro atoms. The molecule has 0 saturated carbocycles. The third-order valence-corrected chi connectivity index (χ3v) is 12.6. The second kappa shape index (κ2) is 26.9. The first-order valence-corrected chi connectivity index (χ1v) is 24.6. The number of aromatic nitrogens is 1. The van der Waals surface area contributed by atoms with Crippen LogP contribution in [0.15, 0.2) is 85.1 Å². The molecule has 3 aromatic carbocycles. The van der Waals surface area contributed by atoms with E-state index in [1.165, 1.54) is 24.3 Å². The lowest BCUT2D eigenvalue weighted by atomic mass is 10.0. The number of thiol groups is 2. The lowest BCUT2D eigenvalue weighted by molar-refractivity contribution is -0.141. The summed E-state index contributed by atoms with van der Waals surface area (Å²) in [5.74, 6) is -10.2. The van der Waals surface area contributed by atoms with E-state index < -0.39 is 114 Å². The predicted octanol–water partition coefficient (Wildman–Crippen LogP) is -0.477. The number of carboxylic acids is 1. The Labute approximate surface area is 426 Å². The number of aromatic hydroxyl groups is 1. The van der Waals surface area contributed by atoms with Gasteiger partial charge in [0.05, 0.1) is 6.42 Å². The Balaban J connectivity index is 1.60. The van der Waals surface area contributed by atoms with Crippen molar-refractivity contribution in [3.63, 3.8) is 0 Å². The molecule has 0 aliphatic carbocycles. The fourth-order valence-corrected chi connectivity index (χ4v) is 8.43. The van der Waals surface area contributed by atoms with Crippen molar-refractivity contribution < 1.29 is 53.4 Å². The number of rotatable bonds is 14. The van der Waals surface area contributed by atoms with Crippen LogP contribution in [-0.4, -0.2) is 135 Å². The van der Waals surface area contributed by atoms with Gasteiger partial charge < -0.3 is 63.5 Å². The molecule has 2 heterocycles. The number of carbonyl (C=O) groups excluding carboxylic acids is 8. The molecule has 1 aromatic heterocycles. The van der Waals surface area contributed by atoms with Gasteiger partial charge in [0.25, 0.3) is 0 Å². The van der Waals surface area contributed by atoms with Gasteiger partial charge in [-0.1, -0.05) is 74.5 Å². The quantitative estimate of drug-likeness (QED) is 0.0713. The number of aliphatic carboxylic acids is 1. The number of nitrogens with two attached hydrogens (primary N) is 1. The maximum absolute atomic E-state index is 14.7. The Morgan fingerprint density at radius 3 is 1.54 bits per heavy atom. The van der Waals surface area contributed by atoms with Crippen LogP contribution >= 0.6 is 25.3 Å². The molecule has 1 aliphatic rings. The van der Waals surface area contributed by atoms with Gasteiger partial charge in [-0.25, -0.2) is 0 Å². The van der Waals surface area contributed by atoms with Crippen molar-refractivity contribution in [2.45, 2.75) is 101 Å². The Morgan fingerprint density at radius 1 is 0.556 bits per heavy atom. The number of aromatic amines is 1. The minimum absolute atomic E-state index is 0.0213. The number of nitrogens with one attached hydrogen (secondary N) is 9. The SMILES string of the molecule is CC(C)[C@@H]1NC(=O)[C@H](CS)NC(=O)[C@H](Cc2ccc(O)cc2)NC(=O)[C@H](CCCN)NC(=O)[C@H](Cc2c[nH]c3ccccc23)NC(=O)[C@H](Cc2ccccc2)NC(=O)[C@H](CS)NC(=O)[C@H](CC(=O)O)NC1=O. The van der Waals surface area contributed by atoms with Gasteiger partial charge >= 0.3 is 5.97 Å². The molecule has 1 fully saturated rings. The van der Waals surface area contributed by atoms with Crippen molar-refractivity contribution in [3.8, 4) is 5.75 Å². The normalized spacial score (nSPS) is 23.6. The Bertz CT molecular complexity index is 2560. The number of carboxylic acid groups (broad SMARTS) is 1. The molecule has 1 saturated heterocycles. The van der Waals surface area contributed by atoms with Gasteiger partial charge in [-0.15, -0.1) is 0 Å². The van der Waals surface area contributed by atoms with Crippen LogP contribution in [0.25, 0.3) is 10.9 Å². The molecule has 23 heteroatoms. The highest BCUT2D eigenvalue weighted by Crippen LogP contribution is 2.20. The number of hydrogen-bond acceptors (Lipinski definition) is 13. The van der Waals surface area contributed by atoms with Crippen LogP contribution in [0.4, 0.5) is 0 Å². The third-order valence-electron chi connectivity index (χ3n) is 11.9. The summed E-state index contributed by atoms with van der Waals surface area (Å²) >= 11 is 8.54. The first-order valence-electron chi connectivity index (χ1n) is 23.3. The zero-order chi connectivity index (χ0) is 52.5. The van der Waals surface area contributed by atoms with Gasteiger partial charge in [-0.2, -0.15) is 25.3 Å². The maximum atomic E-state index is 14.7. The average molecular weight is 1030 g/mol. The van der Waals surface area contributed by atoms with Gasteiger partial charge in [0.2, 0.25) is 47.3 Å². The van der Waals surface area contributed by atoms with E-state index in [-0.39, 0.29) is 55.9 Å². The molecule has 0 radical (unpaired) electrons. The minimum atomic E-state index is -1.79. The predicted molar refractivity (Wildman–Crippen MR) is 272 cm³/mol. The van der Waals surface area contributed by atoms with Crippen molar-refractivity contribution in [1.82, 2.24) is 47.5 Å². The van der Waals surface area contributed by atoms with Crippen LogP contribution in [-0.2, 0) is 62.4 Å². The van der Waals surface area contributed by atoms with E-state index in [4.69, 9.17) is 5.73 Å². The standard InChI is InChI=1S/C49H62N10O11S2/c1-26(2)41-49(70)56-37(22-40(61)62)46(67)57-38(24-71)47(68)54-34(19-27-9-4-3-5-10-27)43(64)55-36(21-29-23-51-32-12-7-6-11-31(29)32)45(66)52-33(13-8-18-50)42(63)53-35(20-28-14-16-30(60)17-15-28)44(65)58-39(25-72)48(69)59-41/h3-7,9-12,14-17,23,26,33-39,41,51,60,71-72H,8,13,18-22,24-25,50H2,1-2H3,(H,52,66)(H,53,63)(H,54,68)(H,55,64)(H,56,70)(H,57,67)(H,58,65)(H,59,69)(H,61,62)/t33-,34-,35-,36-,37-,38-,39-,41-/m0/s1. The fraction of sp³-hybridized carbons (Fsp3) is 0.408. The Kier molecular flexibility index (Phi) is 20.9. The summed E-state index contributed by atoms with van der Waals surface area (Å²) < 4.78 is 0. The molecule has 1 aliphatic heterocycles. The highest BCUT2D eigenvalue weighted by atomic mass is 32.1. The zero-order valence-corrected chi connectivity index (χ0v) is 41.5. The Hall–Kier alpha value is -7.11. The van der Waals surface area contributed by atoms with Crippen LogP contribution < -0.4 is 48.3 Å². The number of hydrogen-bond donors (Lipinski definition) is 14. The highest BCUT2D eigenvalue weighted by molar-refractivity contribution is 7.80. The highest BCUT2D eigenvalue weighted by Gasteiger charge is 2.37. The minimum Gasteiger partial charge on any atom is -0.508 e. The topological polar surface area (TPSA) is 332 Å². The summed E-state index contributed by atoms with van der Waals surface area (Å²) in [7, 11) is 0. The Morgan fingerprint density at radius 2 is 1.00 bits per heavy atom. The number of benzene rings is 3. The van der Waals surface area contributed by atoms with Crippen LogP contribution in [0.3, 0.4) is 0 Å². The van der Waals surface area contributed by atoms with Crippen molar-refractivity contribution in [1.29, 1.82) is 0 Å². The lowest BCUT2D eigenvalue weighted by Crippen LogP contribution is -2.62. The summed E-state index contributed by atoms with van der Waals surface area (Å²) in [6.07, 6.45) is 0.506. The smallest absolute Gasteiger partial charge is 0.305 e. The number of fused-ring (bicyclic) bond motifs is 1. The van der Waals surface area contributed by atoms with E-state index in [1.807, 2.05) is 18.2 Å². The van der Waals surface area contributed by atoms with Crippen LogP contribution in [0.1, 0.15) is 49.8 Å². The van der Waals surface area contributed by atoms with E-state index in [9.17, 15) is 53.4 Å². The number of amides is 8. The van der Waals surface area contributed by atoms with Crippen molar-refractivity contribution in [3.05, 3.63) is 102 Å². The van der Waals surface area contributed by atoms with Crippen LogP contribution in [0.2, 0.25) is 0 Å². The van der Waals surface area contributed by atoms with Crippen LogP contribution in [0, 0.1) is 5.92 Å². The number of carbonyl (C=O) groups is 9. The summed E-state index contributed by atoms with van der Waals surface area (Å²) in [5, 5.41) is 41.3. The summed E-state index contributed by atoms with van der Waals surface area (Å²) in [5.41, 5.74) is 8.31. The first-order chi connectivity index (χ1) is 34.4. The van der Waals surface area contributed by atoms with Gasteiger partial charge in [-0.3, -0.25) is 43.2 Å². The van der Waals surface area contributed by atoms with E-state index in [0.29, 0.717) is 16.7 Å². The van der Waals surface area contributed by atoms with Gasteiger partial charge in [-0.05, 0) is 60.2 Å². The molecule has 386 valence electrons. The number of para-hydroxylation sites is 1. The van der Waals surface area contributed by atoms with E-state index in [2.05, 4.69) is 72.8 Å². The molecule has 4 aromatic rings. The molecule has 8 atom stereocenters. The van der Waals surface area contributed by atoms with E-state index in [0.717, 1.165) is 10.9 Å². The molecule has 0 bridgehead atoms. The molecule has 21 nitrogen and oxygen atoms in total. The second-order valence-corrected chi connectivity index (χ2v) is 18.4. The largest absolute Gasteiger partial charge is 0.508 e. The summed E-state index contributed by atoms with van der Waals surface area (Å²) in [4.78, 5) is 129. The molecule has 0 unspecified atom stereocenters. The first kappa shape index (κ1) is 55.8. The average Bonchev–Trinajstić information content (AvgIpc) is 3.76. The maximum Gasteiger partial charge on any atom is 0.305 e. The number of phenolic OH excluding ortho intramolecular Hbond substituents is 1. The van der Waals surface area contributed by atoms with E-state index >= 15 is 0 Å². The second-order valence-electron chi connectivity index (χ2n) is 17.7. The monoisotopic (exact) mass is 1030 g/mol. The van der Waals surface area contributed by atoms with Gasteiger partial charge in [0.15, 0.2) is 0 Å². The molecule has 13 N–H and O–H groups in total. The third kappa shape index (κ3) is 16.0. The van der Waals surface area contributed by atoms with Crippen molar-refractivity contribution in [2.75, 3.05) is 18.1 Å². The number of H-pyrrole nitrogens is 1. The number of phenols is 1. The van der Waals surface area contributed by atoms with Crippen molar-refractivity contribution in [2.24, 2.45) is 11.7 Å². The molecule has 8 amide bonds. The molecular weight excluding hydrogens is 969 g/mol. The molecule has 5 rings (SSSR count). The lowest BCUT2D eigenvalue weighted by Gasteiger charge is -2.29. The molecule has 72 heavy (non-hydrogen) atoms. The molecular formula is C49H62N10O11S2. The summed E-state index contributed by atoms with van der Waals surface area (Å²) in [6.45, 7) is 3.24. The van der Waals surface area contributed by atoms with Gasteiger partial charge in [0, 0.05) is 47.9 Å². The fourth-order valence-electron chi connectivity index (χ4n) is 7.91.